The number of halogens is 1. The quantitative estimate of drug-likeness (QED) is 0.919. The lowest BCUT2D eigenvalue weighted by Crippen LogP contribution is -2.35. The maximum absolute atomic E-state index is 14.0. The second-order valence-corrected chi connectivity index (χ2v) is 5.92. The number of para-hydroxylation sites is 1. The molecule has 1 aromatic heterocycles. The van der Waals surface area contributed by atoms with Gasteiger partial charge in [-0.15, -0.1) is 0 Å². The van der Waals surface area contributed by atoms with E-state index < -0.39 is 0 Å². The number of hydrogen-bond donors (Lipinski definition) is 1. The highest BCUT2D eigenvalue weighted by Crippen LogP contribution is 2.24. The third-order valence-corrected chi connectivity index (χ3v) is 3.01. The van der Waals surface area contributed by atoms with E-state index in [1.165, 1.54) is 12.4 Å². The smallest absolute Gasteiger partial charge is 0.165 e. The molecule has 0 bridgehead atoms. The highest BCUT2D eigenvalue weighted by atomic mass is 19.1. The number of nitrogens with zero attached hydrogens (tertiary/aromatic N) is 3. The van der Waals surface area contributed by atoms with Crippen LogP contribution < -0.4 is 10.1 Å². The van der Waals surface area contributed by atoms with E-state index in [0.29, 0.717) is 12.4 Å². The molecule has 6 heteroatoms. The van der Waals surface area contributed by atoms with E-state index in [-0.39, 0.29) is 23.7 Å². The summed E-state index contributed by atoms with van der Waals surface area (Å²) in [6.07, 6.45) is 1.45. The number of aryl methyl sites for hydroxylation is 1. The normalized spacial score (nSPS) is 11.7. The Morgan fingerprint density at radius 2 is 2.10 bits per heavy atom. The zero-order chi connectivity index (χ0) is 15.5. The van der Waals surface area contributed by atoms with Crippen molar-refractivity contribution in [2.24, 2.45) is 7.05 Å². The van der Waals surface area contributed by atoms with Crippen LogP contribution in [-0.2, 0) is 20.2 Å². The van der Waals surface area contributed by atoms with E-state index in [4.69, 9.17) is 4.74 Å². The molecular formula is C15H21FN4O. The van der Waals surface area contributed by atoms with E-state index in [9.17, 15) is 4.39 Å². The number of nitrogens with one attached hydrogen (secondary N) is 1. The first kappa shape index (κ1) is 15.4. The topological polar surface area (TPSA) is 52.0 Å². The van der Waals surface area contributed by atoms with Gasteiger partial charge in [-0.05, 0) is 26.8 Å². The van der Waals surface area contributed by atoms with Crippen LogP contribution in [0.1, 0.15) is 32.2 Å². The van der Waals surface area contributed by atoms with Gasteiger partial charge in [0.05, 0.1) is 0 Å². The Kier molecular flexibility index (Phi) is 4.57. The summed E-state index contributed by atoms with van der Waals surface area (Å²) >= 11 is 0. The van der Waals surface area contributed by atoms with Gasteiger partial charge in [0, 0.05) is 24.7 Å². The lowest BCUT2D eigenvalue weighted by atomic mass is 10.1. The fourth-order valence-electron chi connectivity index (χ4n) is 1.80. The molecule has 1 aromatic carbocycles. The molecule has 0 saturated heterocycles. The predicted molar refractivity (Wildman–Crippen MR) is 78.3 cm³/mol. The van der Waals surface area contributed by atoms with Crippen LogP contribution in [0.4, 0.5) is 4.39 Å². The summed E-state index contributed by atoms with van der Waals surface area (Å²) in [7, 11) is 1.77. The molecule has 0 aliphatic heterocycles. The van der Waals surface area contributed by atoms with Gasteiger partial charge < -0.3 is 10.1 Å². The largest absolute Gasteiger partial charge is 0.482 e. The molecule has 0 amide bonds. The lowest BCUT2D eigenvalue weighted by Gasteiger charge is -2.21. The van der Waals surface area contributed by atoms with Crippen LogP contribution in [-0.4, -0.2) is 20.3 Å². The summed E-state index contributed by atoms with van der Waals surface area (Å²) < 4.78 is 21.2. The standard InChI is InChI=1S/C15H21FN4O/c1-15(2,3)18-8-11-6-5-7-12(16)14(11)21-9-13-17-10-19-20(13)4/h5-7,10,18H,8-9H2,1-4H3. The molecule has 0 fully saturated rings. The van der Waals surface area contributed by atoms with Crippen molar-refractivity contribution in [3.8, 4) is 5.75 Å². The minimum atomic E-state index is -0.370. The van der Waals surface area contributed by atoms with Crippen LogP contribution in [0.25, 0.3) is 0 Å². The zero-order valence-corrected chi connectivity index (χ0v) is 12.9. The van der Waals surface area contributed by atoms with Crippen molar-refractivity contribution in [1.29, 1.82) is 0 Å². The Morgan fingerprint density at radius 1 is 1.33 bits per heavy atom. The van der Waals surface area contributed by atoms with Crippen LogP contribution in [0.15, 0.2) is 24.5 Å². The molecule has 0 spiro atoms. The van der Waals surface area contributed by atoms with Crippen LogP contribution >= 0.6 is 0 Å². The Labute approximate surface area is 124 Å². The molecule has 1 heterocycles. The average Bonchev–Trinajstić information content (AvgIpc) is 2.80. The van der Waals surface area contributed by atoms with Crippen molar-refractivity contribution in [3.63, 3.8) is 0 Å². The summed E-state index contributed by atoms with van der Waals surface area (Å²) in [6.45, 7) is 6.90. The van der Waals surface area contributed by atoms with Crippen molar-refractivity contribution in [1.82, 2.24) is 20.1 Å². The van der Waals surface area contributed by atoms with Gasteiger partial charge in [0.1, 0.15) is 12.9 Å². The highest BCUT2D eigenvalue weighted by Gasteiger charge is 2.14. The predicted octanol–water partition coefficient (Wildman–Crippen LogP) is 2.42. The second kappa shape index (κ2) is 6.22. The zero-order valence-electron chi connectivity index (χ0n) is 12.9. The lowest BCUT2D eigenvalue weighted by molar-refractivity contribution is 0.270. The molecule has 0 atom stereocenters. The number of hydrogen-bond acceptors (Lipinski definition) is 4. The second-order valence-electron chi connectivity index (χ2n) is 5.92. The number of aromatic nitrogens is 3. The molecule has 0 aliphatic carbocycles. The van der Waals surface area contributed by atoms with Gasteiger partial charge >= 0.3 is 0 Å². The fourth-order valence-corrected chi connectivity index (χ4v) is 1.80. The Balaban J connectivity index is 2.12. The van der Waals surface area contributed by atoms with Gasteiger partial charge in [0.2, 0.25) is 0 Å². The minimum Gasteiger partial charge on any atom is -0.482 e. The third kappa shape index (κ3) is 4.26. The number of rotatable bonds is 5. The van der Waals surface area contributed by atoms with Gasteiger partial charge in [-0.1, -0.05) is 12.1 Å². The first-order valence-corrected chi connectivity index (χ1v) is 6.85. The Morgan fingerprint density at radius 3 is 2.71 bits per heavy atom. The van der Waals surface area contributed by atoms with Crippen molar-refractivity contribution in [3.05, 3.63) is 41.7 Å². The Hall–Kier alpha value is -1.95. The maximum Gasteiger partial charge on any atom is 0.165 e. The molecule has 5 nitrogen and oxygen atoms in total. The molecule has 2 aromatic rings. The fraction of sp³-hybridized carbons (Fsp3) is 0.467. The average molecular weight is 292 g/mol. The number of ether oxygens (including phenoxy) is 1. The van der Waals surface area contributed by atoms with Crippen LogP contribution in [0.5, 0.6) is 5.75 Å². The van der Waals surface area contributed by atoms with Crippen molar-refractivity contribution in [2.75, 3.05) is 0 Å². The minimum absolute atomic E-state index is 0.0484. The first-order valence-electron chi connectivity index (χ1n) is 6.85. The third-order valence-electron chi connectivity index (χ3n) is 3.01. The van der Waals surface area contributed by atoms with E-state index in [2.05, 4.69) is 36.2 Å². The van der Waals surface area contributed by atoms with E-state index >= 15 is 0 Å². The van der Waals surface area contributed by atoms with Gasteiger partial charge in [0.25, 0.3) is 0 Å². The first-order chi connectivity index (χ1) is 9.87. The molecule has 114 valence electrons. The van der Waals surface area contributed by atoms with Gasteiger partial charge in [0.15, 0.2) is 17.4 Å². The summed E-state index contributed by atoms with van der Waals surface area (Å²) in [6, 6.07) is 4.94. The Bertz CT molecular complexity index is 604. The van der Waals surface area contributed by atoms with E-state index in [1.54, 1.807) is 17.8 Å². The van der Waals surface area contributed by atoms with Gasteiger partial charge in [-0.25, -0.2) is 9.37 Å². The SMILES string of the molecule is Cn1ncnc1COc1c(F)cccc1CNC(C)(C)C. The van der Waals surface area contributed by atoms with Gasteiger partial charge in [-0.3, -0.25) is 4.68 Å². The summed E-state index contributed by atoms with van der Waals surface area (Å²) in [5.74, 6) is 0.538. The summed E-state index contributed by atoms with van der Waals surface area (Å²) in [5.41, 5.74) is 0.736. The van der Waals surface area contributed by atoms with Crippen LogP contribution in [0.3, 0.4) is 0 Å². The van der Waals surface area contributed by atoms with E-state index in [1.807, 2.05) is 6.07 Å². The molecule has 0 radical (unpaired) electrons. The van der Waals surface area contributed by atoms with Crippen molar-refractivity contribution < 1.29 is 9.13 Å². The molecule has 2 rings (SSSR count). The monoisotopic (exact) mass is 292 g/mol. The van der Waals surface area contributed by atoms with Crippen LogP contribution in [0.2, 0.25) is 0 Å². The molecule has 0 unspecified atom stereocenters. The van der Waals surface area contributed by atoms with Crippen molar-refractivity contribution in [2.45, 2.75) is 39.5 Å². The molecule has 0 aliphatic rings. The van der Waals surface area contributed by atoms with E-state index in [0.717, 1.165) is 5.56 Å². The van der Waals surface area contributed by atoms with Gasteiger partial charge in [-0.2, -0.15) is 5.10 Å². The summed E-state index contributed by atoms with van der Waals surface area (Å²) in [4.78, 5) is 4.06. The van der Waals surface area contributed by atoms with Crippen molar-refractivity contribution >= 4 is 0 Å². The molecule has 21 heavy (non-hydrogen) atoms. The molecule has 1 N–H and O–H groups in total. The summed E-state index contributed by atoms with van der Waals surface area (Å²) in [5, 5.41) is 7.29. The highest BCUT2D eigenvalue weighted by molar-refractivity contribution is 5.35. The van der Waals surface area contributed by atoms with Crippen LogP contribution in [0, 0.1) is 5.82 Å². The maximum atomic E-state index is 14.0. The molecular weight excluding hydrogens is 271 g/mol. The molecule has 0 saturated carbocycles. The number of benzene rings is 1.